The Morgan fingerprint density at radius 3 is 2.76 bits per heavy atom. The Kier molecular flexibility index (Phi) is 5.96. The van der Waals surface area contributed by atoms with Crippen LogP contribution < -0.4 is 5.73 Å². The Morgan fingerprint density at radius 2 is 2.18 bits per heavy atom. The van der Waals surface area contributed by atoms with Crippen LogP contribution >= 0.6 is 0 Å². The molecule has 0 aromatic rings. The maximum Gasteiger partial charge on any atom is 0.222 e. The summed E-state index contributed by atoms with van der Waals surface area (Å²) in [5.74, 6) is 1.29. The second kappa shape index (κ2) is 7.00. The van der Waals surface area contributed by atoms with Gasteiger partial charge in [-0.3, -0.25) is 4.79 Å². The largest absolute Gasteiger partial charge is 0.341 e. The molecule has 1 aliphatic rings. The van der Waals surface area contributed by atoms with Gasteiger partial charge in [0.25, 0.3) is 0 Å². The van der Waals surface area contributed by atoms with Crippen molar-refractivity contribution >= 4 is 5.91 Å². The van der Waals surface area contributed by atoms with Crippen LogP contribution in [0.25, 0.3) is 0 Å². The van der Waals surface area contributed by atoms with Gasteiger partial charge in [-0.2, -0.15) is 0 Å². The zero-order chi connectivity index (χ0) is 12.8. The number of nitrogens with two attached hydrogens (primary N) is 1. The lowest BCUT2D eigenvalue weighted by Crippen LogP contribution is -2.51. The van der Waals surface area contributed by atoms with Gasteiger partial charge in [-0.25, -0.2) is 0 Å². The van der Waals surface area contributed by atoms with Gasteiger partial charge in [0.2, 0.25) is 5.91 Å². The van der Waals surface area contributed by atoms with Gasteiger partial charge in [0.1, 0.15) is 0 Å². The summed E-state index contributed by atoms with van der Waals surface area (Å²) < 4.78 is 0. The first kappa shape index (κ1) is 14.5. The molecule has 0 saturated carbocycles. The molecule has 1 saturated heterocycles. The summed E-state index contributed by atoms with van der Waals surface area (Å²) in [6.45, 7) is 8.18. The molecule has 0 aromatic heterocycles. The quantitative estimate of drug-likeness (QED) is 0.775. The predicted octanol–water partition coefficient (Wildman–Crippen LogP) is 2.40. The van der Waals surface area contributed by atoms with Crippen LogP contribution in [0, 0.1) is 11.8 Å². The molecular weight excluding hydrogens is 212 g/mol. The van der Waals surface area contributed by atoms with Crippen LogP contribution in [0.1, 0.15) is 52.9 Å². The predicted molar refractivity (Wildman–Crippen MR) is 71.6 cm³/mol. The Bertz CT molecular complexity index is 242. The van der Waals surface area contributed by atoms with Gasteiger partial charge in [-0.15, -0.1) is 0 Å². The van der Waals surface area contributed by atoms with E-state index >= 15 is 0 Å². The highest BCUT2D eigenvalue weighted by atomic mass is 16.2. The van der Waals surface area contributed by atoms with E-state index in [9.17, 15) is 4.79 Å². The minimum Gasteiger partial charge on any atom is -0.341 e. The molecule has 3 atom stereocenters. The third kappa shape index (κ3) is 4.30. The van der Waals surface area contributed by atoms with Crippen molar-refractivity contribution in [2.24, 2.45) is 17.6 Å². The van der Waals surface area contributed by atoms with Crippen molar-refractivity contribution in [3.63, 3.8) is 0 Å². The molecule has 1 amide bonds. The molecule has 1 fully saturated rings. The molecule has 3 heteroatoms. The van der Waals surface area contributed by atoms with Crippen molar-refractivity contribution in [1.29, 1.82) is 0 Å². The molecule has 3 unspecified atom stereocenters. The number of carbonyl (C=O) groups is 1. The summed E-state index contributed by atoms with van der Waals surface area (Å²) in [5, 5.41) is 0. The molecule has 1 heterocycles. The zero-order valence-corrected chi connectivity index (χ0v) is 11.6. The summed E-state index contributed by atoms with van der Waals surface area (Å²) in [7, 11) is 0. The van der Waals surface area contributed by atoms with Gasteiger partial charge in [-0.1, -0.05) is 40.0 Å². The molecule has 17 heavy (non-hydrogen) atoms. The van der Waals surface area contributed by atoms with E-state index < -0.39 is 0 Å². The van der Waals surface area contributed by atoms with Crippen LogP contribution in [0.5, 0.6) is 0 Å². The van der Waals surface area contributed by atoms with Gasteiger partial charge in [0.05, 0.1) is 0 Å². The molecule has 0 spiro atoms. The third-order valence-corrected chi connectivity index (χ3v) is 4.03. The standard InChI is InChI=1S/C14H28N2O/c1-4-6-7-12(5-2)9-16-10-13(15)11(3)8-14(16)17/h11-13H,4-10,15H2,1-3H3. The maximum absolute atomic E-state index is 11.9. The third-order valence-electron chi connectivity index (χ3n) is 4.03. The number of rotatable bonds is 6. The molecule has 3 nitrogen and oxygen atoms in total. The van der Waals surface area contributed by atoms with Crippen molar-refractivity contribution in [2.45, 2.75) is 58.9 Å². The summed E-state index contributed by atoms with van der Waals surface area (Å²) in [6, 6.07) is 0.163. The summed E-state index contributed by atoms with van der Waals surface area (Å²) in [4.78, 5) is 13.9. The smallest absolute Gasteiger partial charge is 0.222 e. The molecule has 1 rings (SSSR count). The molecule has 100 valence electrons. The average Bonchev–Trinajstić information content (AvgIpc) is 2.30. The number of hydrogen-bond acceptors (Lipinski definition) is 2. The van der Waals surface area contributed by atoms with Crippen LogP contribution in [-0.2, 0) is 4.79 Å². The summed E-state index contributed by atoms with van der Waals surface area (Å²) in [5.41, 5.74) is 6.05. The first-order valence-corrected chi connectivity index (χ1v) is 7.11. The molecular formula is C14H28N2O. The van der Waals surface area contributed by atoms with Crippen LogP contribution in [0.15, 0.2) is 0 Å². The number of nitrogens with zero attached hydrogens (tertiary/aromatic N) is 1. The highest BCUT2D eigenvalue weighted by molar-refractivity contribution is 5.77. The topological polar surface area (TPSA) is 46.3 Å². The van der Waals surface area contributed by atoms with Gasteiger partial charge < -0.3 is 10.6 Å². The lowest BCUT2D eigenvalue weighted by Gasteiger charge is -2.36. The lowest BCUT2D eigenvalue weighted by molar-refractivity contribution is -0.136. The highest BCUT2D eigenvalue weighted by Crippen LogP contribution is 2.21. The highest BCUT2D eigenvalue weighted by Gasteiger charge is 2.29. The summed E-state index contributed by atoms with van der Waals surface area (Å²) >= 11 is 0. The lowest BCUT2D eigenvalue weighted by atomic mass is 9.91. The van der Waals surface area contributed by atoms with E-state index in [2.05, 4.69) is 20.8 Å². The van der Waals surface area contributed by atoms with E-state index in [4.69, 9.17) is 5.73 Å². The molecule has 0 radical (unpaired) electrons. The van der Waals surface area contributed by atoms with E-state index in [-0.39, 0.29) is 6.04 Å². The van der Waals surface area contributed by atoms with E-state index in [1.807, 2.05) is 4.90 Å². The molecule has 1 aliphatic heterocycles. The minimum absolute atomic E-state index is 0.163. The van der Waals surface area contributed by atoms with E-state index in [1.54, 1.807) is 0 Å². The van der Waals surface area contributed by atoms with Crippen molar-refractivity contribution in [1.82, 2.24) is 4.90 Å². The fourth-order valence-electron chi connectivity index (χ4n) is 2.50. The molecule has 0 bridgehead atoms. The first-order valence-electron chi connectivity index (χ1n) is 7.11. The van der Waals surface area contributed by atoms with Crippen LogP contribution in [-0.4, -0.2) is 29.9 Å². The van der Waals surface area contributed by atoms with Crippen molar-refractivity contribution in [3.8, 4) is 0 Å². The number of likely N-dealkylation sites (tertiary alicyclic amines) is 1. The molecule has 2 N–H and O–H groups in total. The Labute approximate surface area is 106 Å². The number of carbonyl (C=O) groups excluding carboxylic acids is 1. The van der Waals surface area contributed by atoms with Gasteiger partial charge in [-0.05, 0) is 18.3 Å². The van der Waals surface area contributed by atoms with Gasteiger partial charge >= 0.3 is 0 Å². The Hall–Kier alpha value is -0.570. The van der Waals surface area contributed by atoms with Crippen molar-refractivity contribution in [2.75, 3.05) is 13.1 Å². The zero-order valence-electron chi connectivity index (χ0n) is 11.6. The minimum atomic E-state index is 0.163. The van der Waals surface area contributed by atoms with E-state index in [0.29, 0.717) is 24.2 Å². The SMILES string of the molecule is CCCCC(CC)CN1CC(N)C(C)CC1=O. The Balaban J connectivity index is 2.45. The number of unbranched alkanes of at least 4 members (excludes halogenated alkanes) is 1. The first-order chi connectivity index (χ1) is 8.08. The van der Waals surface area contributed by atoms with Crippen LogP contribution in [0.3, 0.4) is 0 Å². The Morgan fingerprint density at radius 1 is 1.47 bits per heavy atom. The van der Waals surface area contributed by atoms with Gasteiger partial charge in [0, 0.05) is 25.6 Å². The number of hydrogen-bond donors (Lipinski definition) is 1. The average molecular weight is 240 g/mol. The van der Waals surface area contributed by atoms with Crippen molar-refractivity contribution in [3.05, 3.63) is 0 Å². The van der Waals surface area contributed by atoms with Crippen molar-refractivity contribution < 1.29 is 4.79 Å². The monoisotopic (exact) mass is 240 g/mol. The number of amides is 1. The van der Waals surface area contributed by atoms with Crippen LogP contribution in [0.2, 0.25) is 0 Å². The number of piperidine rings is 1. The summed E-state index contributed by atoms with van der Waals surface area (Å²) in [6.07, 6.45) is 5.53. The molecule has 0 aliphatic carbocycles. The maximum atomic E-state index is 11.9. The van der Waals surface area contributed by atoms with E-state index in [1.165, 1.54) is 19.3 Å². The van der Waals surface area contributed by atoms with E-state index in [0.717, 1.165) is 19.5 Å². The fraction of sp³-hybridized carbons (Fsp3) is 0.929. The second-order valence-electron chi connectivity index (χ2n) is 5.56. The second-order valence-corrected chi connectivity index (χ2v) is 5.56. The molecule has 0 aromatic carbocycles. The normalized spacial score (nSPS) is 27.3. The fourth-order valence-corrected chi connectivity index (χ4v) is 2.50. The van der Waals surface area contributed by atoms with Crippen LogP contribution in [0.4, 0.5) is 0 Å². The van der Waals surface area contributed by atoms with Gasteiger partial charge in [0.15, 0.2) is 0 Å².